The lowest BCUT2D eigenvalue weighted by Crippen LogP contribution is -2.61. The van der Waals surface area contributed by atoms with Crippen molar-refractivity contribution in [2.75, 3.05) is 26.9 Å². The Labute approximate surface area is 601 Å². The number of aliphatic hydroxyl groups excluding tert-OH is 3. The molecule has 18 aliphatic carbocycles. The third kappa shape index (κ3) is 9.44. The van der Waals surface area contributed by atoms with Gasteiger partial charge in [0.15, 0.2) is 17.8 Å². The predicted octanol–water partition coefficient (Wildman–Crippen LogP) is 16.0. The highest BCUT2D eigenvalue weighted by Crippen LogP contribution is 2.68. The zero-order valence-electron chi connectivity index (χ0n) is 58.7. The molecule has 0 amide bonds. The predicted molar refractivity (Wildman–Crippen MR) is 395 cm³/mol. The van der Waals surface area contributed by atoms with Crippen LogP contribution < -0.4 is 10.4 Å². The molecule has 21 bridgehead atoms. The van der Waals surface area contributed by atoms with Gasteiger partial charge in [0.25, 0.3) is 0 Å². The third-order valence-electron chi connectivity index (χ3n) is 28.4. The summed E-state index contributed by atoms with van der Waals surface area (Å²) in [7, 11) is 1.54. The molecule has 522 valence electrons. The molecule has 2 saturated carbocycles. The fourth-order valence-corrected chi connectivity index (χ4v) is 24.3. The first-order valence-electron chi connectivity index (χ1n) is 38.4. The van der Waals surface area contributed by atoms with Crippen molar-refractivity contribution >= 4 is 35.1 Å². The first kappa shape index (κ1) is 64.0. The van der Waals surface area contributed by atoms with Gasteiger partial charge < -0.3 is 38.7 Å². The van der Waals surface area contributed by atoms with Crippen LogP contribution in [0.4, 0.5) is 0 Å². The van der Waals surface area contributed by atoms with Crippen molar-refractivity contribution in [3.63, 3.8) is 0 Å². The van der Waals surface area contributed by atoms with Crippen LogP contribution in [-0.4, -0.2) is 65.9 Å². The Hall–Kier alpha value is -8.63. The zero-order chi connectivity index (χ0) is 69.4. The van der Waals surface area contributed by atoms with Crippen LogP contribution in [0.3, 0.4) is 0 Å². The third-order valence-corrected chi connectivity index (χ3v) is 28.4. The van der Waals surface area contributed by atoms with Crippen molar-refractivity contribution in [3.05, 3.63) is 262 Å². The van der Waals surface area contributed by atoms with Crippen LogP contribution in [0.5, 0.6) is 5.75 Å². The molecule has 28 rings (SSSR count). The van der Waals surface area contributed by atoms with E-state index in [1.54, 1.807) is 0 Å². The molecule has 11 nitrogen and oxygen atoms in total. The summed E-state index contributed by atoms with van der Waals surface area (Å²) < 4.78 is 35.6. The van der Waals surface area contributed by atoms with E-state index in [2.05, 4.69) is 158 Å². The Kier molecular flexibility index (Phi) is 15.1. The summed E-state index contributed by atoms with van der Waals surface area (Å²) in [6.07, 6.45) is 27.3. The second kappa shape index (κ2) is 24.2. The van der Waals surface area contributed by atoms with Crippen LogP contribution in [0.1, 0.15) is 220 Å². The summed E-state index contributed by atoms with van der Waals surface area (Å²) >= 11 is 0. The number of fused-ring (bicyclic) bond motifs is 7. The quantitative estimate of drug-likeness (QED) is 0.0458. The highest BCUT2D eigenvalue weighted by molar-refractivity contribution is 5.91. The molecule has 18 atom stereocenters. The molecule has 3 fully saturated rings. The number of allylic oxidation sites excluding steroid dienone is 6. The number of carbonyl (C=O) groups is 2. The lowest BCUT2D eigenvalue weighted by atomic mass is 9.48. The highest BCUT2D eigenvalue weighted by atomic mass is 16.6. The van der Waals surface area contributed by atoms with Gasteiger partial charge in [-0.25, -0.2) is 9.59 Å². The largest absolute Gasteiger partial charge is 0.481 e. The minimum absolute atomic E-state index is 0.000286. The zero-order valence-corrected chi connectivity index (χ0v) is 58.7. The molecule has 1 saturated heterocycles. The summed E-state index contributed by atoms with van der Waals surface area (Å²) in [6.45, 7) is 0.698. The van der Waals surface area contributed by atoms with Gasteiger partial charge in [0.05, 0.1) is 37.7 Å². The van der Waals surface area contributed by atoms with E-state index in [1.165, 1.54) is 97.8 Å². The normalized spacial score (nSPS) is 33.7. The van der Waals surface area contributed by atoms with Gasteiger partial charge in [-0.15, -0.1) is 0 Å². The topological polar surface area (TPSA) is 162 Å². The summed E-state index contributed by atoms with van der Waals surface area (Å²) in [6, 6.07) is 41.2. The maximum absolute atomic E-state index is 16.8. The van der Waals surface area contributed by atoms with Gasteiger partial charge in [0.1, 0.15) is 11.3 Å². The van der Waals surface area contributed by atoms with Gasteiger partial charge >= 0.3 is 17.6 Å². The average Bonchev–Trinajstić information content (AvgIpc) is 1.69. The van der Waals surface area contributed by atoms with E-state index in [0.717, 1.165) is 44.9 Å². The highest BCUT2D eigenvalue weighted by Gasteiger charge is 2.66. The summed E-state index contributed by atoms with van der Waals surface area (Å²) in [5.74, 6) is 5.57. The Morgan fingerprint density at radius 1 is 0.738 bits per heavy atom. The molecule has 11 heteroatoms. The minimum Gasteiger partial charge on any atom is -0.481 e. The van der Waals surface area contributed by atoms with Crippen molar-refractivity contribution in [1.82, 2.24) is 0 Å². The van der Waals surface area contributed by atoms with E-state index in [1.807, 2.05) is 19.1 Å². The van der Waals surface area contributed by atoms with E-state index in [-0.39, 0.29) is 114 Å². The first-order chi connectivity index (χ1) is 50.4. The SMILES string of the molecule is COCC(CCO)c1c(CO)c2ccc3c(c2oc1=O)C1OC(=O)CC2CC4C=CC2c2ccc5c6c2C2C#CCC7(O3)C3CC8c9ccccc9C=CC8C3CC6(C=C2)CC(Cc2ccc(cc2)Cc2ccc3c(c2)C26c8cccc4c8CCC2CCCC6C=C3)C5CC(=C(C)CO)C(=O)OC17. The fraction of sp³-hybridized carbons (Fsp3) is 0.424. The molecule has 18 unspecified atom stereocenters. The summed E-state index contributed by atoms with van der Waals surface area (Å²) in [5, 5.41) is 34.1. The number of hydrogen-bond acceptors (Lipinski definition) is 11. The van der Waals surface area contributed by atoms with E-state index in [9.17, 15) is 15.3 Å². The molecule has 6 aromatic carbocycles. The molecular weight excluding hydrogens is 1280 g/mol. The average molecular weight is 1370 g/mol. The van der Waals surface area contributed by atoms with E-state index in [4.69, 9.17) is 23.4 Å². The maximum atomic E-state index is 16.8. The Morgan fingerprint density at radius 3 is 2.45 bits per heavy atom. The van der Waals surface area contributed by atoms with Gasteiger partial charge in [-0.1, -0.05) is 164 Å². The van der Waals surface area contributed by atoms with Crippen LogP contribution in [0.15, 0.2) is 166 Å². The van der Waals surface area contributed by atoms with E-state index >= 15 is 14.4 Å². The molecule has 21 aliphatic rings. The van der Waals surface area contributed by atoms with Crippen molar-refractivity contribution < 1.29 is 48.3 Å². The summed E-state index contributed by atoms with van der Waals surface area (Å²) in [5.41, 5.74) is 16.8. The van der Waals surface area contributed by atoms with Gasteiger partial charge in [-0.2, -0.15) is 0 Å². The number of ether oxygens (including phenoxy) is 4. The molecule has 7 aromatic rings. The molecule has 3 aliphatic heterocycles. The first-order valence-corrected chi connectivity index (χ1v) is 38.4. The molecule has 103 heavy (non-hydrogen) atoms. The van der Waals surface area contributed by atoms with Crippen LogP contribution in [0, 0.1) is 53.3 Å². The Bertz CT molecular complexity index is 5040. The number of aliphatic hydroxyl groups is 3. The number of carbonyl (C=O) groups excluding carboxylic acids is 2. The maximum Gasteiger partial charge on any atom is 0.340 e. The smallest absolute Gasteiger partial charge is 0.340 e. The molecule has 3 N–H and O–H groups in total. The van der Waals surface area contributed by atoms with Crippen molar-refractivity contribution in [1.29, 1.82) is 0 Å². The molecular formula is C92H88O11. The molecule has 3 spiro atoms. The Balaban J connectivity index is 0.882. The van der Waals surface area contributed by atoms with Gasteiger partial charge in [0, 0.05) is 71.2 Å². The van der Waals surface area contributed by atoms with Crippen molar-refractivity contribution in [3.8, 4) is 17.6 Å². The van der Waals surface area contributed by atoms with E-state index in [0.29, 0.717) is 52.5 Å². The standard InChI is InChI=1S/C92H88O11/c1-50(47-94)71-43-72-60-39-52-17-15-51(16-18-52)38-53-19-20-55-21-24-61-10-5-11-62-25-28-67-64(13-6-14-76(67)92(61,62)77(55)40-53)57-23-26-65-59(41-57)42-80(96)100-86-83-79(32-31-70-75(48-95)82(89(98)101-85(70)83)58(34-37-93)49-99-2)103-91(87(86)102-88(71)97)35-7-9-56-33-36-90(45-60,84-69(72)30-29-68(65)81(56)84)46-74-66-27-22-54-8-3-4-12-63(54)73(66)44-78(74)91/h3-4,6,8,12-24,26-27,29-33,36,40,56-62,65-66,72-74,78,86-87,93-95H,5,10-11,25,28,34-35,37-39,41-49H2,1-2H3. The number of benzene rings is 6. The van der Waals surface area contributed by atoms with Gasteiger partial charge in [0.2, 0.25) is 0 Å². The molecule has 4 heterocycles. The fourth-order valence-electron chi connectivity index (χ4n) is 24.3. The summed E-state index contributed by atoms with van der Waals surface area (Å²) in [4.78, 5) is 48.7. The van der Waals surface area contributed by atoms with Gasteiger partial charge in [-0.05, 0) is 232 Å². The van der Waals surface area contributed by atoms with E-state index < -0.39 is 65.8 Å². The van der Waals surface area contributed by atoms with Crippen LogP contribution in [0.25, 0.3) is 23.1 Å². The number of hydrogen-bond donors (Lipinski definition) is 3. The van der Waals surface area contributed by atoms with Crippen LogP contribution in [0.2, 0.25) is 0 Å². The monoisotopic (exact) mass is 1370 g/mol. The number of esters is 2. The Morgan fingerprint density at radius 2 is 1.58 bits per heavy atom. The number of methoxy groups -OCH3 is 1. The van der Waals surface area contributed by atoms with Crippen LogP contribution >= 0.6 is 0 Å². The minimum atomic E-state index is -1.53. The number of rotatable bonds is 7. The van der Waals surface area contributed by atoms with Crippen LogP contribution in [-0.2, 0) is 60.5 Å². The lowest BCUT2D eigenvalue weighted by molar-refractivity contribution is -0.205. The van der Waals surface area contributed by atoms with Crippen molar-refractivity contribution in [2.45, 2.75) is 174 Å². The van der Waals surface area contributed by atoms with Crippen molar-refractivity contribution in [2.24, 2.45) is 41.4 Å². The lowest BCUT2D eigenvalue weighted by Gasteiger charge is -2.55. The second-order valence-corrected chi connectivity index (χ2v) is 33.1. The molecule has 0 radical (unpaired) electrons. The second-order valence-electron chi connectivity index (χ2n) is 33.1. The molecule has 1 aromatic heterocycles. The van der Waals surface area contributed by atoms with Gasteiger partial charge in [-0.3, -0.25) is 4.79 Å².